The lowest BCUT2D eigenvalue weighted by Crippen LogP contribution is -2.48. The van der Waals surface area contributed by atoms with E-state index in [9.17, 15) is 4.79 Å². The van der Waals surface area contributed by atoms with Crippen LogP contribution in [0.25, 0.3) is 10.8 Å². The Labute approximate surface area is 112 Å². The number of nitrogens with one attached hydrogen (secondary N) is 1. The van der Waals surface area contributed by atoms with E-state index in [1.807, 2.05) is 24.3 Å². The van der Waals surface area contributed by atoms with E-state index >= 15 is 0 Å². The third kappa shape index (κ3) is 2.44. The summed E-state index contributed by atoms with van der Waals surface area (Å²) in [6.07, 6.45) is 6.92. The molecule has 3 N–H and O–H groups in total. The molecule has 0 atom stereocenters. The molecule has 1 aromatic heterocycles. The normalized spacial score (nSPS) is 16.9. The zero-order valence-corrected chi connectivity index (χ0v) is 10.7. The molecule has 1 aliphatic carbocycles. The molecule has 1 amide bonds. The third-order valence-corrected chi connectivity index (χ3v) is 3.82. The van der Waals surface area contributed by atoms with Crippen molar-refractivity contribution in [3.63, 3.8) is 0 Å². The minimum Gasteiger partial charge on any atom is -0.325 e. The lowest BCUT2D eigenvalue weighted by atomic mass is 9.75. The molecule has 4 heteroatoms. The van der Waals surface area contributed by atoms with Crippen LogP contribution in [-0.2, 0) is 4.79 Å². The summed E-state index contributed by atoms with van der Waals surface area (Å²) in [5.74, 6) is -0.0152. The zero-order chi connectivity index (χ0) is 13.3. The first-order chi connectivity index (χ1) is 9.16. The van der Waals surface area contributed by atoms with Crippen LogP contribution in [0.2, 0.25) is 0 Å². The van der Waals surface area contributed by atoms with Gasteiger partial charge in [0.05, 0.1) is 5.69 Å². The van der Waals surface area contributed by atoms with Crippen molar-refractivity contribution in [2.45, 2.75) is 31.2 Å². The number of carbonyl (C=O) groups excluding carboxylic acids is 1. The highest BCUT2D eigenvalue weighted by molar-refractivity contribution is 6.02. The molecule has 1 aromatic carbocycles. The van der Waals surface area contributed by atoms with Gasteiger partial charge in [0, 0.05) is 29.7 Å². The zero-order valence-electron chi connectivity index (χ0n) is 10.7. The first-order valence-corrected chi connectivity index (χ1v) is 6.58. The summed E-state index contributed by atoms with van der Waals surface area (Å²) in [4.78, 5) is 16.2. The van der Waals surface area contributed by atoms with Crippen LogP contribution in [-0.4, -0.2) is 16.4 Å². The third-order valence-electron chi connectivity index (χ3n) is 3.82. The average Bonchev–Trinajstić information content (AvgIpc) is 2.37. The van der Waals surface area contributed by atoms with E-state index in [0.29, 0.717) is 6.42 Å². The fourth-order valence-electron chi connectivity index (χ4n) is 2.54. The Kier molecular flexibility index (Phi) is 2.95. The largest absolute Gasteiger partial charge is 0.325 e. The summed E-state index contributed by atoms with van der Waals surface area (Å²) < 4.78 is 0. The summed E-state index contributed by atoms with van der Waals surface area (Å²) in [6, 6.07) is 7.76. The molecule has 98 valence electrons. The molecule has 0 spiro atoms. The lowest BCUT2D eigenvalue weighted by Gasteiger charge is -2.37. The highest BCUT2D eigenvalue weighted by Gasteiger charge is 2.34. The maximum absolute atomic E-state index is 12.1. The van der Waals surface area contributed by atoms with Gasteiger partial charge in [-0.05, 0) is 36.8 Å². The van der Waals surface area contributed by atoms with Crippen molar-refractivity contribution in [1.29, 1.82) is 0 Å². The maximum atomic E-state index is 12.1. The Morgan fingerprint density at radius 3 is 2.95 bits per heavy atom. The number of rotatable bonds is 3. The molecule has 0 saturated heterocycles. The first-order valence-electron chi connectivity index (χ1n) is 6.58. The van der Waals surface area contributed by atoms with Gasteiger partial charge in [-0.15, -0.1) is 0 Å². The fraction of sp³-hybridized carbons (Fsp3) is 0.333. The molecular formula is C15H17N3O. The van der Waals surface area contributed by atoms with Gasteiger partial charge in [0.15, 0.2) is 0 Å². The van der Waals surface area contributed by atoms with E-state index in [2.05, 4.69) is 10.3 Å². The smallest absolute Gasteiger partial charge is 0.226 e. The number of amides is 1. The number of fused-ring (bicyclic) bond motifs is 1. The number of nitrogens with zero attached hydrogens (tertiary/aromatic N) is 1. The van der Waals surface area contributed by atoms with Crippen LogP contribution >= 0.6 is 0 Å². The average molecular weight is 255 g/mol. The second-order valence-electron chi connectivity index (χ2n) is 5.34. The molecule has 2 aromatic rings. The highest BCUT2D eigenvalue weighted by atomic mass is 16.1. The first kappa shape index (κ1) is 12.1. The van der Waals surface area contributed by atoms with Crippen molar-refractivity contribution < 1.29 is 4.79 Å². The van der Waals surface area contributed by atoms with Crippen LogP contribution in [0.1, 0.15) is 25.7 Å². The molecule has 3 rings (SSSR count). The summed E-state index contributed by atoms with van der Waals surface area (Å²) >= 11 is 0. The van der Waals surface area contributed by atoms with Crippen molar-refractivity contribution in [3.8, 4) is 0 Å². The fourth-order valence-corrected chi connectivity index (χ4v) is 2.54. The van der Waals surface area contributed by atoms with E-state index < -0.39 is 0 Å². The quantitative estimate of drug-likeness (QED) is 0.885. The predicted octanol–water partition coefficient (Wildman–Crippen LogP) is 2.44. The molecule has 4 nitrogen and oxygen atoms in total. The monoisotopic (exact) mass is 255 g/mol. The minimum atomic E-state index is -0.285. The number of hydrogen-bond donors (Lipinski definition) is 2. The van der Waals surface area contributed by atoms with Gasteiger partial charge in [0.1, 0.15) is 0 Å². The number of pyridine rings is 1. The number of carbonyl (C=O) groups is 1. The van der Waals surface area contributed by atoms with Crippen LogP contribution < -0.4 is 11.1 Å². The topological polar surface area (TPSA) is 68.0 Å². The molecule has 19 heavy (non-hydrogen) atoms. The SMILES string of the molecule is NC1(CC(=O)Nc2cccc3ccncc23)CCC1. The minimum absolute atomic E-state index is 0.0152. The van der Waals surface area contributed by atoms with E-state index in [-0.39, 0.29) is 11.4 Å². The van der Waals surface area contributed by atoms with Gasteiger partial charge in [-0.25, -0.2) is 0 Å². The van der Waals surface area contributed by atoms with E-state index in [1.165, 1.54) is 0 Å². The van der Waals surface area contributed by atoms with Crippen molar-refractivity contribution >= 4 is 22.4 Å². The van der Waals surface area contributed by atoms with Crippen LogP contribution in [0.4, 0.5) is 5.69 Å². The van der Waals surface area contributed by atoms with E-state index in [1.54, 1.807) is 12.4 Å². The number of anilines is 1. The lowest BCUT2D eigenvalue weighted by molar-refractivity contribution is -0.118. The Morgan fingerprint density at radius 2 is 2.21 bits per heavy atom. The molecule has 0 bridgehead atoms. The van der Waals surface area contributed by atoms with Gasteiger partial charge >= 0.3 is 0 Å². The van der Waals surface area contributed by atoms with Crippen molar-refractivity contribution in [3.05, 3.63) is 36.7 Å². The van der Waals surface area contributed by atoms with Crippen LogP contribution in [0, 0.1) is 0 Å². The molecule has 0 radical (unpaired) electrons. The second kappa shape index (κ2) is 4.63. The van der Waals surface area contributed by atoms with Gasteiger partial charge in [-0.1, -0.05) is 12.1 Å². The molecule has 0 aliphatic heterocycles. The Bertz CT molecular complexity index is 614. The Hall–Kier alpha value is -1.94. The Morgan fingerprint density at radius 1 is 1.37 bits per heavy atom. The van der Waals surface area contributed by atoms with Crippen molar-refractivity contribution in [2.24, 2.45) is 5.73 Å². The van der Waals surface area contributed by atoms with E-state index in [0.717, 1.165) is 35.7 Å². The number of aromatic nitrogens is 1. The summed E-state index contributed by atoms with van der Waals surface area (Å²) in [5, 5.41) is 4.98. The molecule has 1 aliphatic rings. The molecule has 1 saturated carbocycles. The van der Waals surface area contributed by atoms with Gasteiger partial charge < -0.3 is 11.1 Å². The molecule has 1 heterocycles. The van der Waals surface area contributed by atoms with Crippen LogP contribution in [0.3, 0.4) is 0 Å². The standard InChI is InChI=1S/C15H17N3O/c16-15(6-2-7-15)9-14(19)18-13-4-1-3-11-5-8-17-10-12(11)13/h1,3-5,8,10H,2,6-7,9,16H2,(H,18,19). The molecule has 0 unspecified atom stereocenters. The predicted molar refractivity (Wildman–Crippen MR) is 75.8 cm³/mol. The number of hydrogen-bond acceptors (Lipinski definition) is 3. The summed E-state index contributed by atoms with van der Waals surface area (Å²) in [7, 11) is 0. The Balaban J connectivity index is 1.79. The van der Waals surface area contributed by atoms with Crippen molar-refractivity contribution in [2.75, 3.05) is 5.32 Å². The summed E-state index contributed by atoms with van der Waals surface area (Å²) in [5.41, 5.74) is 6.62. The molecule has 1 fully saturated rings. The van der Waals surface area contributed by atoms with E-state index in [4.69, 9.17) is 5.73 Å². The maximum Gasteiger partial charge on any atom is 0.226 e. The van der Waals surface area contributed by atoms with Crippen LogP contribution in [0.15, 0.2) is 36.7 Å². The second-order valence-corrected chi connectivity index (χ2v) is 5.34. The van der Waals surface area contributed by atoms with Gasteiger partial charge in [0.2, 0.25) is 5.91 Å². The van der Waals surface area contributed by atoms with Gasteiger partial charge in [0.25, 0.3) is 0 Å². The number of nitrogens with two attached hydrogens (primary N) is 1. The van der Waals surface area contributed by atoms with Gasteiger partial charge in [-0.3, -0.25) is 9.78 Å². The van der Waals surface area contributed by atoms with Gasteiger partial charge in [-0.2, -0.15) is 0 Å². The number of benzene rings is 1. The molecular weight excluding hydrogens is 238 g/mol. The van der Waals surface area contributed by atoms with Crippen LogP contribution in [0.5, 0.6) is 0 Å². The summed E-state index contributed by atoms with van der Waals surface area (Å²) in [6.45, 7) is 0. The van der Waals surface area contributed by atoms with Crippen molar-refractivity contribution in [1.82, 2.24) is 4.98 Å². The highest BCUT2D eigenvalue weighted by Crippen LogP contribution is 2.32.